The first-order valence-corrected chi connectivity index (χ1v) is 3.66. The summed E-state index contributed by atoms with van der Waals surface area (Å²) in [5.74, 6) is -2.65. The van der Waals surface area contributed by atoms with Crippen LogP contribution in [0.5, 0.6) is 0 Å². The zero-order valence-corrected chi connectivity index (χ0v) is 6.61. The van der Waals surface area contributed by atoms with Crippen LogP contribution >= 0.6 is 0 Å². The molecule has 0 amide bonds. The van der Waals surface area contributed by atoms with E-state index in [1.54, 1.807) is 0 Å². The molecule has 0 bridgehead atoms. The predicted molar refractivity (Wildman–Crippen MR) is 37.1 cm³/mol. The number of aliphatic hydroxyl groups is 6. The molecule has 4 atom stereocenters. The van der Waals surface area contributed by atoms with Crippen LogP contribution in [-0.4, -0.2) is 67.6 Å². The SMILES string of the molecule is OC(O)[C@@]1(O)OC[C@@H](O)[C@@H](O)[C@H]1O. The summed E-state index contributed by atoms with van der Waals surface area (Å²) in [6.45, 7) is -0.494. The Kier molecular flexibility index (Phi) is 2.88. The van der Waals surface area contributed by atoms with Crippen molar-refractivity contribution in [1.82, 2.24) is 0 Å². The lowest BCUT2D eigenvalue weighted by Gasteiger charge is -2.42. The Balaban J connectivity index is 2.79. The lowest BCUT2D eigenvalue weighted by Crippen LogP contribution is -2.65. The number of hydrogen-bond donors (Lipinski definition) is 6. The molecular weight excluding hydrogens is 184 g/mol. The van der Waals surface area contributed by atoms with Crippen LogP contribution in [0, 0.1) is 0 Å². The van der Waals surface area contributed by atoms with Crippen molar-refractivity contribution >= 4 is 0 Å². The maximum absolute atomic E-state index is 9.26. The highest BCUT2D eigenvalue weighted by molar-refractivity contribution is 4.92. The highest BCUT2D eigenvalue weighted by atomic mass is 16.7. The summed E-state index contributed by atoms with van der Waals surface area (Å²) in [6.07, 6.45) is -7.38. The minimum absolute atomic E-state index is 0.494. The van der Waals surface area contributed by atoms with Gasteiger partial charge < -0.3 is 35.4 Å². The fraction of sp³-hybridized carbons (Fsp3) is 1.00. The zero-order valence-electron chi connectivity index (χ0n) is 6.61. The minimum Gasteiger partial charge on any atom is -0.388 e. The second kappa shape index (κ2) is 3.46. The van der Waals surface area contributed by atoms with Crippen LogP contribution in [0.1, 0.15) is 0 Å². The van der Waals surface area contributed by atoms with Crippen molar-refractivity contribution in [3.8, 4) is 0 Å². The Bertz CT molecular complexity index is 184. The van der Waals surface area contributed by atoms with Crippen molar-refractivity contribution in [3.05, 3.63) is 0 Å². The second-order valence-corrected chi connectivity index (χ2v) is 2.94. The second-order valence-electron chi connectivity index (χ2n) is 2.94. The molecule has 78 valence electrons. The van der Waals surface area contributed by atoms with Gasteiger partial charge in [0.05, 0.1) is 6.61 Å². The average Bonchev–Trinajstić information content (AvgIpc) is 2.08. The molecule has 0 aliphatic carbocycles. The first-order chi connectivity index (χ1) is 5.89. The number of hydrogen-bond acceptors (Lipinski definition) is 7. The fourth-order valence-corrected chi connectivity index (χ4v) is 1.09. The standard InChI is InChI=1S/C6H12O7/c7-2-1-13-6(12,5(10)11)4(9)3(2)8/h2-5,7-12H,1H2/t2-,3-,4-,6+/m1/s1. The van der Waals surface area contributed by atoms with Crippen molar-refractivity contribution in [2.45, 2.75) is 30.4 Å². The molecule has 1 aliphatic heterocycles. The summed E-state index contributed by atoms with van der Waals surface area (Å²) in [6, 6.07) is 0. The van der Waals surface area contributed by atoms with Crippen LogP contribution in [-0.2, 0) is 4.74 Å². The van der Waals surface area contributed by atoms with Gasteiger partial charge in [-0.3, -0.25) is 0 Å². The number of ether oxygens (including phenoxy) is 1. The topological polar surface area (TPSA) is 131 Å². The quantitative estimate of drug-likeness (QED) is 0.236. The van der Waals surface area contributed by atoms with Gasteiger partial charge in [0.15, 0.2) is 0 Å². The average molecular weight is 196 g/mol. The van der Waals surface area contributed by atoms with Crippen LogP contribution in [0.3, 0.4) is 0 Å². The van der Waals surface area contributed by atoms with Crippen molar-refractivity contribution < 1.29 is 35.4 Å². The van der Waals surface area contributed by atoms with E-state index in [2.05, 4.69) is 4.74 Å². The van der Waals surface area contributed by atoms with E-state index in [9.17, 15) is 5.11 Å². The number of aliphatic hydroxyl groups excluding tert-OH is 4. The van der Waals surface area contributed by atoms with Gasteiger partial charge in [0.2, 0.25) is 12.1 Å². The van der Waals surface area contributed by atoms with Gasteiger partial charge in [-0.15, -0.1) is 0 Å². The molecule has 0 spiro atoms. The summed E-state index contributed by atoms with van der Waals surface area (Å²) in [7, 11) is 0. The van der Waals surface area contributed by atoms with E-state index >= 15 is 0 Å². The maximum atomic E-state index is 9.26. The van der Waals surface area contributed by atoms with Gasteiger partial charge in [0, 0.05) is 0 Å². The molecule has 13 heavy (non-hydrogen) atoms. The molecule has 7 nitrogen and oxygen atoms in total. The molecule has 0 saturated carbocycles. The summed E-state index contributed by atoms with van der Waals surface area (Å²) in [5.41, 5.74) is 0. The van der Waals surface area contributed by atoms with E-state index in [1.165, 1.54) is 0 Å². The van der Waals surface area contributed by atoms with Crippen molar-refractivity contribution in [3.63, 3.8) is 0 Å². The fourth-order valence-electron chi connectivity index (χ4n) is 1.09. The Morgan fingerprint density at radius 2 is 1.77 bits per heavy atom. The molecule has 0 aromatic heterocycles. The lowest BCUT2D eigenvalue weighted by atomic mass is 9.96. The summed E-state index contributed by atoms with van der Waals surface area (Å²) < 4.78 is 4.42. The van der Waals surface area contributed by atoms with Crippen LogP contribution in [0.15, 0.2) is 0 Å². The largest absolute Gasteiger partial charge is 0.388 e. The summed E-state index contributed by atoms with van der Waals surface area (Å²) >= 11 is 0. The van der Waals surface area contributed by atoms with Crippen LogP contribution in [0.2, 0.25) is 0 Å². The first-order valence-electron chi connectivity index (χ1n) is 3.66. The van der Waals surface area contributed by atoms with Crippen LogP contribution in [0.25, 0.3) is 0 Å². The third-order valence-electron chi connectivity index (χ3n) is 2.00. The molecule has 0 aromatic rings. The Hall–Kier alpha value is -0.280. The molecule has 1 aliphatic rings. The Morgan fingerprint density at radius 3 is 2.23 bits per heavy atom. The molecule has 0 unspecified atom stereocenters. The summed E-state index contributed by atoms with van der Waals surface area (Å²) in [4.78, 5) is 0. The molecule has 0 radical (unpaired) electrons. The highest BCUT2D eigenvalue weighted by Gasteiger charge is 2.52. The van der Waals surface area contributed by atoms with Crippen molar-refractivity contribution in [2.24, 2.45) is 0 Å². The zero-order chi connectivity index (χ0) is 10.2. The van der Waals surface area contributed by atoms with E-state index in [4.69, 9.17) is 25.5 Å². The first kappa shape index (κ1) is 10.8. The van der Waals surface area contributed by atoms with Crippen LogP contribution in [0.4, 0.5) is 0 Å². The van der Waals surface area contributed by atoms with Gasteiger partial charge in [-0.2, -0.15) is 0 Å². The van der Waals surface area contributed by atoms with Gasteiger partial charge in [-0.1, -0.05) is 0 Å². The van der Waals surface area contributed by atoms with Gasteiger partial charge in [0.25, 0.3) is 0 Å². The summed E-state index contributed by atoms with van der Waals surface area (Å²) in [5, 5.41) is 53.7. The molecular formula is C6H12O7. The molecule has 0 aromatic carbocycles. The molecule has 1 rings (SSSR count). The third-order valence-corrected chi connectivity index (χ3v) is 2.00. The lowest BCUT2D eigenvalue weighted by molar-refractivity contribution is -0.384. The predicted octanol–water partition coefficient (Wildman–Crippen LogP) is -3.90. The Morgan fingerprint density at radius 1 is 1.23 bits per heavy atom. The van der Waals surface area contributed by atoms with E-state index in [1.807, 2.05) is 0 Å². The van der Waals surface area contributed by atoms with Crippen LogP contribution < -0.4 is 0 Å². The van der Waals surface area contributed by atoms with E-state index in [-0.39, 0.29) is 0 Å². The van der Waals surface area contributed by atoms with Gasteiger partial charge >= 0.3 is 0 Å². The molecule has 1 saturated heterocycles. The minimum atomic E-state index is -2.65. The van der Waals surface area contributed by atoms with E-state index in [0.717, 1.165) is 0 Å². The van der Waals surface area contributed by atoms with E-state index < -0.39 is 37.0 Å². The monoisotopic (exact) mass is 196 g/mol. The van der Waals surface area contributed by atoms with Gasteiger partial charge in [0.1, 0.15) is 18.3 Å². The van der Waals surface area contributed by atoms with Gasteiger partial charge in [-0.25, -0.2) is 0 Å². The molecule has 1 fully saturated rings. The van der Waals surface area contributed by atoms with E-state index in [0.29, 0.717) is 0 Å². The van der Waals surface area contributed by atoms with Crippen molar-refractivity contribution in [2.75, 3.05) is 6.61 Å². The Labute approximate surface area is 73.4 Å². The van der Waals surface area contributed by atoms with Crippen molar-refractivity contribution in [1.29, 1.82) is 0 Å². The molecule has 6 N–H and O–H groups in total. The van der Waals surface area contributed by atoms with Gasteiger partial charge in [-0.05, 0) is 0 Å². The molecule has 1 heterocycles. The molecule has 7 heteroatoms. The third kappa shape index (κ3) is 1.67. The normalized spacial score (nSPS) is 46.8. The number of rotatable bonds is 1. The highest BCUT2D eigenvalue weighted by Crippen LogP contribution is 2.25. The smallest absolute Gasteiger partial charge is 0.247 e. The maximum Gasteiger partial charge on any atom is 0.247 e.